The van der Waals surface area contributed by atoms with E-state index in [1.807, 2.05) is 0 Å². The number of hydrogen-bond acceptors (Lipinski definition) is 3. The molecule has 9 rings (SSSR count). The maximum Gasteiger partial charge on any atom is 0.0464 e. The van der Waals surface area contributed by atoms with Crippen molar-refractivity contribution in [2.24, 2.45) is 0 Å². The normalized spacial score (nSPS) is 10.9. The van der Waals surface area contributed by atoms with E-state index < -0.39 is 0 Å². The van der Waals surface area contributed by atoms with Gasteiger partial charge >= 0.3 is 0 Å². The van der Waals surface area contributed by atoms with Crippen molar-refractivity contribution in [1.82, 2.24) is 0 Å². The maximum atomic E-state index is 2.33. The van der Waals surface area contributed by atoms with Crippen molar-refractivity contribution in [1.29, 1.82) is 0 Å². The molecule has 0 bridgehead atoms. The van der Waals surface area contributed by atoms with E-state index in [0.717, 1.165) is 51.2 Å². The van der Waals surface area contributed by atoms with Gasteiger partial charge in [0.25, 0.3) is 0 Å². The van der Waals surface area contributed by atoms with E-state index in [2.05, 4.69) is 266 Å². The highest BCUT2D eigenvalue weighted by molar-refractivity contribution is 5.83. The smallest absolute Gasteiger partial charge is 0.0464 e. The van der Waals surface area contributed by atoms with Crippen LogP contribution in [-0.4, -0.2) is 0 Å². The van der Waals surface area contributed by atoms with Gasteiger partial charge in [0.15, 0.2) is 0 Å². The van der Waals surface area contributed by atoms with Crippen molar-refractivity contribution >= 4 is 51.2 Å². The van der Waals surface area contributed by atoms with Gasteiger partial charge in [-0.05, 0) is 163 Å². The second-order valence-electron chi connectivity index (χ2n) is 15.4. The number of hydrogen-bond donors (Lipinski definition) is 0. The third-order valence-electron chi connectivity index (χ3n) is 11.0. The predicted molar refractivity (Wildman–Crippen MR) is 256 cm³/mol. The third-order valence-corrected chi connectivity index (χ3v) is 11.0. The average Bonchev–Trinajstić information content (AvgIpc) is 3.29. The van der Waals surface area contributed by atoms with Crippen LogP contribution in [0.3, 0.4) is 0 Å². The van der Waals surface area contributed by atoms with Gasteiger partial charge < -0.3 is 14.7 Å². The molecule has 0 atom stereocenters. The molecule has 0 aliphatic heterocycles. The molecule has 290 valence electrons. The molecule has 0 amide bonds. The van der Waals surface area contributed by atoms with Crippen LogP contribution in [0, 0.1) is 20.8 Å². The largest absolute Gasteiger partial charge is 0.311 e. The molecule has 0 radical (unpaired) electrons. The van der Waals surface area contributed by atoms with Crippen molar-refractivity contribution in [2.75, 3.05) is 14.7 Å². The summed E-state index contributed by atoms with van der Waals surface area (Å²) in [5, 5.41) is 0. The molecule has 0 heterocycles. The summed E-state index contributed by atoms with van der Waals surface area (Å²) >= 11 is 0. The van der Waals surface area contributed by atoms with Crippen LogP contribution < -0.4 is 14.7 Å². The lowest BCUT2D eigenvalue weighted by molar-refractivity contribution is 1.27. The number of para-hydroxylation sites is 2. The van der Waals surface area contributed by atoms with E-state index >= 15 is 0 Å². The van der Waals surface area contributed by atoms with Crippen LogP contribution in [0.1, 0.15) is 16.7 Å². The van der Waals surface area contributed by atoms with Crippen LogP contribution in [0.4, 0.5) is 51.2 Å². The van der Waals surface area contributed by atoms with Crippen LogP contribution in [0.5, 0.6) is 0 Å². The van der Waals surface area contributed by atoms with Crippen LogP contribution in [-0.2, 0) is 0 Å². The van der Waals surface area contributed by atoms with Gasteiger partial charge in [-0.15, -0.1) is 0 Å². The molecule has 0 aliphatic rings. The standard InChI is InChI=1S/C57H47N3/c1-42-20-30-51(31-21-42)58(52-32-22-45(23-33-52)47-26-36-54(37-27-47)59(49-14-6-4-7-15-49)56-18-10-12-43(2)40-56)53-34-24-46(25-35-53)48-28-38-55(39-29-48)60(50-16-8-5-9-17-50)57-19-11-13-44(3)41-57/h4-41H,1-3H3. The van der Waals surface area contributed by atoms with Gasteiger partial charge in [-0.25, -0.2) is 0 Å². The zero-order valence-corrected chi connectivity index (χ0v) is 34.3. The van der Waals surface area contributed by atoms with Crippen molar-refractivity contribution < 1.29 is 0 Å². The molecular formula is C57H47N3. The minimum atomic E-state index is 1.10. The lowest BCUT2D eigenvalue weighted by atomic mass is 10.0. The number of nitrogens with zero attached hydrogens (tertiary/aromatic N) is 3. The first-order chi connectivity index (χ1) is 29.5. The second kappa shape index (κ2) is 17.1. The first kappa shape index (κ1) is 37.9. The van der Waals surface area contributed by atoms with Gasteiger partial charge in [-0.2, -0.15) is 0 Å². The first-order valence-corrected chi connectivity index (χ1v) is 20.6. The lowest BCUT2D eigenvalue weighted by Gasteiger charge is -2.27. The fourth-order valence-electron chi connectivity index (χ4n) is 7.94. The quantitative estimate of drug-likeness (QED) is 0.130. The molecule has 0 saturated heterocycles. The van der Waals surface area contributed by atoms with Crippen molar-refractivity contribution in [3.05, 3.63) is 247 Å². The summed E-state index contributed by atoms with van der Waals surface area (Å²) in [4.78, 5) is 6.95. The van der Waals surface area contributed by atoms with E-state index in [9.17, 15) is 0 Å². The molecule has 0 spiro atoms. The summed E-state index contributed by atoms with van der Waals surface area (Å²) in [5.41, 5.74) is 18.5. The lowest BCUT2D eigenvalue weighted by Crippen LogP contribution is -2.10. The highest BCUT2D eigenvalue weighted by Gasteiger charge is 2.16. The highest BCUT2D eigenvalue weighted by atomic mass is 15.2. The second-order valence-corrected chi connectivity index (χ2v) is 15.4. The molecule has 0 saturated carbocycles. The average molecular weight is 774 g/mol. The van der Waals surface area contributed by atoms with Gasteiger partial charge in [-0.1, -0.05) is 127 Å². The summed E-state index contributed by atoms with van der Waals surface area (Å²) in [5.74, 6) is 0. The zero-order chi connectivity index (χ0) is 40.8. The maximum absolute atomic E-state index is 2.33. The number of benzene rings is 9. The van der Waals surface area contributed by atoms with Gasteiger partial charge in [0, 0.05) is 51.2 Å². The highest BCUT2D eigenvalue weighted by Crippen LogP contribution is 2.40. The summed E-state index contributed by atoms with van der Waals surface area (Å²) in [6, 6.07) is 82.8. The van der Waals surface area contributed by atoms with Crippen molar-refractivity contribution in [2.45, 2.75) is 20.8 Å². The summed E-state index contributed by atoms with van der Waals surface area (Å²) < 4.78 is 0. The van der Waals surface area contributed by atoms with Gasteiger partial charge in [0.1, 0.15) is 0 Å². The minimum Gasteiger partial charge on any atom is -0.311 e. The molecule has 0 aromatic heterocycles. The van der Waals surface area contributed by atoms with Crippen LogP contribution in [0.2, 0.25) is 0 Å². The molecule has 9 aromatic rings. The Morgan fingerprint density at radius 1 is 0.200 bits per heavy atom. The molecule has 0 N–H and O–H groups in total. The fourth-order valence-corrected chi connectivity index (χ4v) is 7.94. The summed E-state index contributed by atoms with van der Waals surface area (Å²) in [6.45, 7) is 6.41. The van der Waals surface area contributed by atoms with E-state index in [0.29, 0.717) is 0 Å². The van der Waals surface area contributed by atoms with Crippen LogP contribution in [0.25, 0.3) is 22.3 Å². The van der Waals surface area contributed by atoms with Crippen LogP contribution in [0.15, 0.2) is 231 Å². The molecule has 0 unspecified atom stereocenters. The molecule has 0 aliphatic carbocycles. The topological polar surface area (TPSA) is 9.72 Å². The van der Waals surface area contributed by atoms with E-state index in [1.165, 1.54) is 38.9 Å². The van der Waals surface area contributed by atoms with Crippen molar-refractivity contribution in [3.8, 4) is 22.3 Å². The summed E-state index contributed by atoms with van der Waals surface area (Å²) in [6.07, 6.45) is 0. The van der Waals surface area contributed by atoms with Crippen molar-refractivity contribution in [3.63, 3.8) is 0 Å². The first-order valence-electron chi connectivity index (χ1n) is 20.6. The van der Waals surface area contributed by atoms with Crippen LogP contribution >= 0.6 is 0 Å². The Morgan fingerprint density at radius 3 is 0.750 bits per heavy atom. The van der Waals surface area contributed by atoms with Gasteiger partial charge in [-0.3, -0.25) is 0 Å². The third kappa shape index (κ3) is 8.20. The molecule has 0 fully saturated rings. The SMILES string of the molecule is Cc1ccc(N(c2ccc(-c3ccc(N(c4ccccc4)c4cccc(C)c4)cc3)cc2)c2ccc(-c3ccc(N(c4ccccc4)c4cccc(C)c4)cc3)cc2)cc1. The Kier molecular flexibility index (Phi) is 10.8. The van der Waals surface area contributed by atoms with Gasteiger partial charge in [0.05, 0.1) is 0 Å². The Morgan fingerprint density at radius 2 is 0.450 bits per heavy atom. The monoisotopic (exact) mass is 773 g/mol. The zero-order valence-electron chi connectivity index (χ0n) is 34.3. The van der Waals surface area contributed by atoms with E-state index in [-0.39, 0.29) is 0 Å². The Balaban J connectivity index is 0.983. The molecule has 3 heteroatoms. The molecule has 9 aromatic carbocycles. The van der Waals surface area contributed by atoms with E-state index in [1.54, 1.807) is 0 Å². The predicted octanol–water partition coefficient (Wildman–Crippen LogP) is 16.4. The number of aryl methyl sites for hydroxylation is 3. The van der Waals surface area contributed by atoms with Gasteiger partial charge in [0.2, 0.25) is 0 Å². The Labute approximate surface area is 354 Å². The van der Waals surface area contributed by atoms with E-state index in [4.69, 9.17) is 0 Å². The number of rotatable bonds is 11. The molecule has 60 heavy (non-hydrogen) atoms. The Hall–Kier alpha value is -7.62. The minimum absolute atomic E-state index is 1.10. The fraction of sp³-hybridized carbons (Fsp3) is 0.0526. The molecule has 3 nitrogen and oxygen atoms in total. The summed E-state index contributed by atoms with van der Waals surface area (Å²) in [7, 11) is 0. The molecular weight excluding hydrogens is 727 g/mol. The Bertz CT molecular complexity index is 2620. The number of anilines is 9.